The first-order chi connectivity index (χ1) is 14.8. The van der Waals surface area contributed by atoms with Crippen LogP contribution in [0.5, 0.6) is 0 Å². The maximum Gasteiger partial charge on any atom is 0.353 e. The van der Waals surface area contributed by atoms with E-state index in [-0.39, 0.29) is 32.3 Å². The third-order valence-corrected chi connectivity index (χ3v) is 7.25. The average Bonchev–Trinajstić information content (AvgIpc) is 2.75. The van der Waals surface area contributed by atoms with Gasteiger partial charge in [-0.3, -0.25) is 4.57 Å². The van der Waals surface area contributed by atoms with Crippen LogP contribution in [0.25, 0.3) is 0 Å². The molecule has 0 fully saturated rings. The molecule has 0 spiro atoms. The fourth-order valence-electron chi connectivity index (χ4n) is 2.23. The van der Waals surface area contributed by atoms with Crippen molar-refractivity contribution in [2.75, 3.05) is 47.2 Å². The van der Waals surface area contributed by atoms with E-state index < -0.39 is 28.2 Å². The molecule has 0 heterocycles. The van der Waals surface area contributed by atoms with Crippen LogP contribution in [0, 0.1) is 11.3 Å². The van der Waals surface area contributed by atoms with Crippen molar-refractivity contribution in [3.63, 3.8) is 0 Å². The van der Waals surface area contributed by atoms with Crippen molar-refractivity contribution in [2.24, 2.45) is 0 Å². The van der Waals surface area contributed by atoms with Gasteiger partial charge in [0, 0.05) is 38.6 Å². The zero-order chi connectivity index (χ0) is 23.7. The van der Waals surface area contributed by atoms with E-state index in [9.17, 15) is 4.57 Å². The van der Waals surface area contributed by atoms with E-state index in [0.29, 0.717) is 13.2 Å². The molecule has 0 aliphatic rings. The van der Waals surface area contributed by atoms with Crippen molar-refractivity contribution < 1.29 is 32.1 Å². The minimum Gasteiger partial charge on any atom is -0.376 e. The molecule has 0 bridgehead atoms. The van der Waals surface area contributed by atoms with E-state index in [4.69, 9.17) is 40.7 Å². The second kappa shape index (κ2) is 17.9. The highest BCUT2D eigenvalue weighted by Gasteiger charge is 2.25. The summed E-state index contributed by atoms with van der Waals surface area (Å²) in [5.41, 5.74) is 0. The van der Waals surface area contributed by atoms with Gasteiger partial charge in [-0.15, -0.1) is 6.58 Å². The standard InChI is InChI=1S/C19H35BN2O7P2/c1-7-12-26-16-19(20)29-18(10-14-31(23,24-5)25-6)15-28-30(27-13-9-11-21)22(8-2)17(3)4/h7,10,14,17-19H,1,8-9,12-13,15-16H2,2-6H3/b14-10+. The monoisotopic (exact) mass is 476 g/mol. The topological polar surface area (TPSA) is 99.5 Å². The third-order valence-electron chi connectivity index (χ3n) is 3.75. The van der Waals surface area contributed by atoms with E-state index in [2.05, 4.69) is 17.3 Å². The molecule has 0 amide bonds. The zero-order valence-corrected chi connectivity index (χ0v) is 20.9. The largest absolute Gasteiger partial charge is 0.376 e. The molecule has 0 N–H and O–H groups in total. The van der Waals surface area contributed by atoms with Crippen LogP contribution in [0.1, 0.15) is 27.2 Å². The summed E-state index contributed by atoms with van der Waals surface area (Å²) in [6, 6.07) is 1.48. The maximum atomic E-state index is 12.4. The van der Waals surface area contributed by atoms with Crippen LogP contribution >= 0.6 is 16.1 Å². The number of rotatable bonds is 19. The lowest BCUT2D eigenvalue weighted by atomic mass is 10.0. The Hall–Kier alpha value is -0.585. The number of hydrogen-bond acceptors (Lipinski definition) is 9. The minimum atomic E-state index is -3.39. The smallest absolute Gasteiger partial charge is 0.353 e. The van der Waals surface area contributed by atoms with Crippen molar-refractivity contribution in [1.82, 2.24) is 4.67 Å². The van der Waals surface area contributed by atoms with Crippen LogP contribution < -0.4 is 0 Å². The second-order valence-electron chi connectivity index (χ2n) is 6.41. The summed E-state index contributed by atoms with van der Waals surface area (Å²) < 4.78 is 47.2. The highest BCUT2D eigenvalue weighted by molar-refractivity contribution is 7.57. The summed E-state index contributed by atoms with van der Waals surface area (Å²) in [5, 5.41) is 8.79. The zero-order valence-electron chi connectivity index (χ0n) is 19.1. The summed E-state index contributed by atoms with van der Waals surface area (Å²) in [6.07, 6.45) is 2.72. The Morgan fingerprint density at radius 1 is 1.26 bits per heavy atom. The minimum absolute atomic E-state index is 0.0700. The summed E-state index contributed by atoms with van der Waals surface area (Å²) in [7, 11) is 3.74. The lowest BCUT2D eigenvalue weighted by molar-refractivity contribution is -0.0122. The van der Waals surface area contributed by atoms with E-state index >= 15 is 0 Å². The molecule has 0 aliphatic heterocycles. The SMILES string of the molecule is [B]C(COCC=C)OC(/C=C/P(=O)(OC)OC)COP(OCCC#N)N(CC)C(C)C. The van der Waals surface area contributed by atoms with Gasteiger partial charge < -0.3 is 27.6 Å². The molecule has 31 heavy (non-hydrogen) atoms. The lowest BCUT2D eigenvalue weighted by Crippen LogP contribution is -2.31. The Morgan fingerprint density at radius 3 is 2.45 bits per heavy atom. The van der Waals surface area contributed by atoms with Gasteiger partial charge >= 0.3 is 7.60 Å². The summed E-state index contributed by atoms with van der Waals surface area (Å²) in [4.78, 5) is 0. The molecule has 3 unspecified atom stereocenters. The van der Waals surface area contributed by atoms with E-state index in [1.807, 2.05) is 20.8 Å². The van der Waals surface area contributed by atoms with Gasteiger partial charge in [-0.1, -0.05) is 13.0 Å². The summed E-state index contributed by atoms with van der Waals surface area (Å²) >= 11 is 0. The molecule has 3 atom stereocenters. The van der Waals surface area contributed by atoms with Gasteiger partial charge in [-0.05, 0) is 19.9 Å². The van der Waals surface area contributed by atoms with Gasteiger partial charge in [0.1, 0.15) is 7.85 Å². The first-order valence-corrected chi connectivity index (χ1v) is 12.7. The van der Waals surface area contributed by atoms with Crippen molar-refractivity contribution in [2.45, 2.75) is 45.3 Å². The molecule has 0 rings (SSSR count). The Morgan fingerprint density at radius 2 is 1.94 bits per heavy atom. The van der Waals surface area contributed by atoms with Gasteiger partial charge in [0.25, 0.3) is 8.53 Å². The fraction of sp³-hybridized carbons (Fsp3) is 0.737. The van der Waals surface area contributed by atoms with Gasteiger partial charge in [-0.25, -0.2) is 4.67 Å². The highest BCUT2D eigenvalue weighted by Crippen LogP contribution is 2.48. The Kier molecular flexibility index (Phi) is 17.6. The molecule has 0 saturated carbocycles. The molecule has 12 heteroatoms. The van der Waals surface area contributed by atoms with Crippen LogP contribution in [0.2, 0.25) is 0 Å². The molecular weight excluding hydrogens is 441 g/mol. The first-order valence-electron chi connectivity index (χ1n) is 9.96. The molecule has 176 valence electrons. The predicted molar refractivity (Wildman–Crippen MR) is 123 cm³/mol. The van der Waals surface area contributed by atoms with Gasteiger partial charge in [0.05, 0.1) is 45.0 Å². The third kappa shape index (κ3) is 13.5. The lowest BCUT2D eigenvalue weighted by Gasteiger charge is -2.32. The number of nitrogens with zero attached hydrogens (tertiary/aromatic N) is 2. The number of ether oxygens (including phenoxy) is 2. The predicted octanol–water partition coefficient (Wildman–Crippen LogP) is 3.97. The number of nitriles is 1. The maximum absolute atomic E-state index is 12.4. The van der Waals surface area contributed by atoms with Crippen LogP contribution in [-0.2, 0) is 32.1 Å². The van der Waals surface area contributed by atoms with Crippen molar-refractivity contribution in [3.05, 3.63) is 24.5 Å². The average molecular weight is 476 g/mol. The van der Waals surface area contributed by atoms with Gasteiger partial charge in [0.15, 0.2) is 0 Å². The van der Waals surface area contributed by atoms with Crippen molar-refractivity contribution in [1.29, 1.82) is 5.26 Å². The van der Waals surface area contributed by atoms with Gasteiger partial charge in [0.2, 0.25) is 0 Å². The molecule has 0 aliphatic carbocycles. The first kappa shape index (κ1) is 30.4. The molecule has 2 radical (unpaired) electrons. The fourth-order valence-corrected chi connectivity index (χ4v) is 4.53. The quantitative estimate of drug-likeness (QED) is 0.119. The van der Waals surface area contributed by atoms with Crippen LogP contribution in [0.3, 0.4) is 0 Å². The van der Waals surface area contributed by atoms with Gasteiger partial charge in [-0.2, -0.15) is 5.26 Å². The molecule has 0 aromatic heterocycles. The van der Waals surface area contributed by atoms with E-state index in [1.54, 1.807) is 6.08 Å². The van der Waals surface area contributed by atoms with Crippen LogP contribution in [0.15, 0.2) is 24.5 Å². The number of hydrogen-bond donors (Lipinski definition) is 0. The summed E-state index contributed by atoms with van der Waals surface area (Å²) in [6.45, 7) is 11.2. The van der Waals surface area contributed by atoms with Crippen molar-refractivity contribution in [3.8, 4) is 6.07 Å². The molecule has 0 saturated heterocycles. The van der Waals surface area contributed by atoms with Crippen LogP contribution in [0.4, 0.5) is 0 Å². The van der Waals surface area contributed by atoms with E-state index in [0.717, 1.165) is 0 Å². The molecule has 0 aromatic carbocycles. The molecule has 0 aromatic rings. The Labute approximate surface area is 189 Å². The highest BCUT2D eigenvalue weighted by atomic mass is 31.2. The molecular formula is C19H35BN2O7P2. The van der Waals surface area contributed by atoms with Crippen LogP contribution in [-0.4, -0.2) is 77.9 Å². The molecule has 9 nitrogen and oxygen atoms in total. The summed E-state index contributed by atoms with van der Waals surface area (Å²) in [5.74, 6) is 1.30. The second-order valence-corrected chi connectivity index (χ2v) is 10.0. The Balaban J connectivity index is 5.32. The van der Waals surface area contributed by atoms with Crippen molar-refractivity contribution >= 4 is 24.0 Å². The van der Waals surface area contributed by atoms with E-state index in [1.165, 1.54) is 26.1 Å². The normalized spacial score (nSPS) is 15.3. The Bertz CT molecular complexity index is 596.